The highest BCUT2D eigenvalue weighted by Crippen LogP contribution is 2.27. The van der Waals surface area contributed by atoms with Crippen LogP contribution in [0.5, 0.6) is 0 Å². The van der Waals surface area contributed by atoms with Gasteiger partial charge in [-0.25, -0.2) is 15.0 Å². The molecule has 0 spiro atoms. The lowest BCUT2D eigenvalue weighted by atomic mass is 9.95. The van der Waals surface area contributed by atoms with Gasteiger partial charge < -0.3 is 10.2 Å². The van der Waals surface area contributed by atoms with E-state index in [1.807, 2.05) is 6.92 Å². The van der Waals surface area contributed by atoms with Gasteiger partial charge in [0.2, 0.25) is 0 Å². The van der Waals surface area contributed by atoms with Gasteiger partial charge in [0.1, 0.15) is 17.5 Å². The minimum atomic E-state index is 0.487. The van der Waals surface area contributed by atoms with Crippen molar-refractivity contribution >= 4 is 11.6 Å². The van der Waals surface area contributed by atoms with Gasteiger partial charge >= 0.3 is 0 Å². The molecule has 132 valence electrons. The van der Waals surface area contributed by atoms with Gasteiger partial charge in [0.25, 0.3) is 0 Å². The fraction of sp³-hybridized carbons (Fsp3) is 0.550. The van der Waals surface area contributed by atoms with E-state index < -0.39 is 0 Å². The van der Waals surface area contributed by atoms with Gasteiger partial charge in [0.15, 0.2) is 0 Å². The van der Waals surface area contributed by atoms with E-state index in [0.29, 0.717) is 6.04 Å². The van der Waals surface area contributed by atoms with Crippen LogP contribution in [0.1, 0.15) is 48.5 Å². The molecule has 5 heteroatoms. The maximum Gasteiger partial charge on any atom is 0.133 e. The van der Waals surface area contributed by atoms with Crippen molar-refractivity contribution in [3.63, 3.8) is 0 Å². The van der Waals surface area contributed by atoms with Gasteiger partial charge in [-0.1, -0.05) is 6.07 Å². The number of nitrogens with one attached hydrogen (secondary N) is 1. The summed E-state index contributed by atoms with van der Waals surface area (Å²) in [6.45, 7) is 6.14. The second kappa shape index (κ2) is 6.98. The van der Waals surface area contributed by atoms with E-state index in [9.17, 15) is 0 Å². The molecule has 0 unspecified atom stereocenters. The van der Waals surface area contributed by atoms with Gasteiger partial charge in [-0.2, -0.15) is 0 Å². The molecule has 0 saturated carbocycles. The molecule has 0 aromatic carbocycles. The fourth-order valence-corrected chi connectivity index (χ4v) is 3.99. The summed E-state index contributed by atoms with van der Waals surface area (Å²) in [4.78, 5) is 16.4. The van der Waals surface area contributed by atoms with Crippen molar-refractivity contribution in [2.75, 3.05) is 23.3 Å². The Balaban J connectivity index is 1.43. The summed E-state index contributed by atoms with van der Waals surface area (Å²) in [6, 6.07) is 6.75. The van der Waals surface area contributed by atoms with Gasteiger partial charge in [0, 0.05) is 36.1 Å². The van der Waals surface area contributed by atoms with Crippen LogP contribution in [0.3, 0.4) is 0 Å². The summed E-state index contributed by atoms with van der Waals surface area (Å²) in [7, 11) is 0. The fourth-order valence-electron chi connectivity index (χ4n) is 3.99. The number of nitrogens with zero attached hydrogens (tertiary/aromatic N) is 4. The predicted molar refractivity (Wildman–Crippen MR) is 101 cm³/mol. The van der Waals surface area contributed by atoms with Crippen molar-refractivity contribution in [1.29, 1.82) is 0 Å². The number of aromatic nitrogens is 3. The van der Waals surface area contributed by atoms with Crippen molar-refractivity contribution in [1.82, 2.24) is 15.0 Å². The summed E-state index contributed by atoms with van der Waals surface area (Å²) < 4.78 is 0. The van der Waals surface area contributed by atoms with Gasteiger partial charge in [0.05, 0.1) is 0 Å². The van der Waals surface area contributed by atoms with E-state index in [-0.39, 0.29) is 0 Å². The van der Waals surface area contributed by atoms with Crippen LogP contribution in [0.15, 0.2) is 18.2 Å². The van der Waals surface area contributed by atoms with Gasteiger partial charge in [-0.3, -0.25) is 0 Å². The molecule has 0 amide bonds. The number of pyridine rings is 1. The van der Waals surface area contributed by atoms with Crippen LogP contribution < -0.4 is 10.2 Å². The minimum Gasteiger partial charge on any atom is -0.367 e. The molecule has 2 aromatic heterocycles. The van der Waals surface area contributed by atoms with E-state index in [0.717, 1.165) is 61.9 Å². The lowest BCUT2D eigenvalue weighted by Crippen LogP contribution is -2.40. The average molecular weight is 337 g/mol. The van der Waals surface area contributed by atoms with Crippen molar-refractivity contribution in [2.24, 2.45) is 0 Å². The van der Waals surface area contributed by atoms with Gasteiger partial charge in [-0.05, 0) is 64.5 Å². The lowest BCUT2D eigenvalue weighted by molar-refractivity contribution is 0.520. The van der Waals surface area contributed by atoms with Crippen LogP contribution in [-0.4, -0.2) is 34.1 Å². The first-order chi connectivity index (χ1) is 12.2. The molecule has 0 atom stereocenters. The first-order valence-electron chi connectivity index (χ1n) is 9.50. The van der Waals surface area contributed by atoms with E-state index in [1.165, 1.54) is 24.1 Å². The quantitative estimate of drug-likeness (QED) is 0.930. The van der Waals surface area contributed by atoms with Gasteiger partial charge in [-0.15, -0.1) is 0 Å². The number of hydrogen-bond acceptors (Lipinski definition) is 5. The Hall–Kier alpha value is -2.17. The second-order valence-electron chi connectivity index (χ2n) is 7.29. The van der Waals surface area contributed by atoms with E-state index in [4.69, 9.17) is 4.98 Å². The molecule has 0 radical (unpaired) electrons. The minimum absolute atomic E-state index is 0.487. The van der Waals surface area contributed by atoms with Crippen LogP contribution in [0.25, 0.3) is 0 Å². The Morgan fingerprint density at radius 2 is 1.80 bits per heavy atom. The molecule has 1 N–H and O–H groups in total. The molecule has 1 saturated heterocycles. The number of aryl methyl sites for hydroxylation is 3. The zero-order valence-corrected chi connectivity index (χ0v) is 15.3. The largest absolute Gasteiger partial charge is 0.367 e. The summed E-state index contributed by atoms with van der Waals surface area (Å²) in [5.74, 6) is 3.09. The van der Waals surface area contributed by atoms with E-state index >= 15 is 0 Å². The standard InChI is InChI=1S/C20H27N5/c1-14-6-5-9-19(21-14)25-12-10-16(11-13-25)24-20-17-7-3-4-8-18(17)22-15(2)23-20/h5-6,9,16H,3-4,7-8,10-13H2,1-2H3,(H,22,23,24). The number of fused-ring (bicyclic) bond motifs is 1. The first-order valence-corrected chi connectivity index (χ1v) is 9.50. The first kappa shape index (κ1) is 16.3. The van der Waals surface area contributed by atoms with Crippen molar-refractivity contribution < 1.29 is 0 Å². The van der Waals surface area contributed by atoms with Crippen LogP contribution in [0, 0.1) is 13.8 Å². The summed E-state index contributed by atoms with van der Waals surface area (Å²) >= 11 is 0. The Bertz CT molecular complexity index is 750. The van der Waals surface area contributed by atoms with Crippen LogP contribution in [0.4, 0.5) is 11.6 Å². The predicted octanol–water partition coefficient (Wildman–Crippen LogP) is 3.45. The third-order valence-electron chi connectivity index (χ3n) is 5.33. The smallest absolute Gasteiger partial charge is 0.133 e. The Morgan fingerprint density at radius 3 is 2.60 bits per heavy atom. The molecular weight excluding hydrogens is 310 g/mol. The third-order valence-corrected chi connectivity index (χ3v) is 5.33. The SMILES string of the molecule is Cc1cccc(N2CCC(Nc3nc(C)nc4c3CCCC4)CC2)n1. The Morgan fingerprint density at radius 1 is 1.00 bits per heavy atom. The molecule has 1 aliphatic carbocycles. The summed E-state index contributed by atoms with van der Waals surface area (Å²) in [5, 5.41) is 3.74. The number of anilines is 2. The highest BCUT2D eigenvalue weighted by Gasteiger charge is 2.23. The van der Waals surface area contributed by atoms with E-state index in [1.54, 1.807) is 0 Å². The number of rotatable bonds is 3. The lowest BCUT2D eigenvalue weighted by Gasteiger charge is -2.34. The molecule has 2 aliphatic rings. The zero-order valence-electron chi connectivity index (χ0n) is 15.3. The normalized spacial score (nSPS) is 18.1. The summed E-state index contributed by atoms with van der Waals surface area (Å²) in [6.07, 6.45) is 6.96. The van der Waals surface area contributed by atoms with E-state index in [2.05, 4.69) is 45.3 Å². The molecule has 5 nitrogen and oxygen atoms in total. The highest BCUT2D eigenvalue weighted by atomic mass is 15.2. The molecular formula is C20H27N5. The molecule has 3 heterocycles. The van der Waals surface area contributed by atoms with Crippen LogP contribution in [0.2, 0.25) is 0 Å². The maximum atomic E-state index is 4.72. The zero-order chi connectivity index (χ0) is 17.2. The maximum absolute atomic E-state index is 4.72. The number of hydrogen-bond donors (Lipinski definition) is 1. The molecule has 0 bridgehead atoms. The highest BCUT2D eigenvalue weighted by molar-refractivity contribution is 5.49. The molecule has 1 fully saturated rings. The molecule has 2 aromatic rings. The Kier molecular flexibility index (Phi) is 4.55. The van der Waals surface area contributed by atoms with Crippen molar-refractivity contribution in [2.45, 2.75) is 58.4 Å². The van der Waals surface area contributed by atoms with Crippen LogP contribution >= 0.6 is 0 Å². The monoisotopic (exact) mass is 337 g/mol. The van der Waals surface area contributed by atoms with Crippen molar-refractivity contribution in [3.05, 3.63) is 41.0 Å². The van der Waals surface area contributed by atoms with Crippen molar-refractivity contribution in [3.8, 4) is 0 Å². The van der Waals surface area contributed by atoms with Crippen LogP contribution in [-0.2, 0) is 12.8 Å². The molecule has 25 heavy (non-hydrogen) atoms. The third kappa shape index (κ3) is 3.60. The molecule has 1 aliphatic heterocycles. The topological polar surface area (TPSA) is 53.9 Å². The average Bonchev–Trinajstić information content (AvgIpc) is 2.62. The Labute approximate surface area is 149 Å². The number of piperidine rings is 1. The second-order valence-corrected chi connectivity index (χ2v) is 7.29. The molecule has 4 rings (SSSR count). The summed E-state index contributed by atoms with van der Waals surface area (Å²) in [5.41, 5.74) is 3.71.